The number of nitrogens with zero attached hydrogens (tertiary/aromatic N) is 6. The molecule has 3 heterocycles. The summed E-state index contributed by atoms with van der Waals surface area (Å²) in [6, 6.07) is 1.90. The zero-order valence-corrected chi connectivity index (χ0v) is 16.0. The maximum atomic E-state index is 12.2. The Bertz CT molecular complexity index is 777. The first kappa shape index (κ1) is 19.1. The summed E-state index contributed by atoms with van der Waals surface area (Å²) in [7, 11) is 5.76. The molecule has 0 saturated carbocycles. The molecule has 2 N–H and O–H groups in total. The fraction of sp³-hybridized carbons (Fsp3) is 0.556. The number of rotatable bonds is 7. The fourth-order valence-corrected chi connectivity index (χ4v) is 3.29. The van der Waals surface area contributed by atoms with Crippen molar-refractivity contribution in [2.24, 2.45) is 7.05 Å². The maximum absolute atomic E-state index is 12.2. The van der Waals surface area contributed by atoms with Gasteiger partial charge in [0, 0.05) is 65.5 Å². The number of anilines is 2. The van der Waals surface area contributed by atoms with Crippen LogP contribution >= 0.6 is 0 Å². The molecule has 1 fully saturated rings. The average Bonchev–Trinajstić information content (AvgIpc) is 3.23. The van der Waals surface area contributed by atoms with Crippen LogP contribution in [0.1, 0.15) is 18.7 Å². The monoisotopic (exact) mass is 373 g/mol. The molecule has 0 aliphatic carbocycles. The van der Waals surface area contributed by atoms with Gasteiger partial charge in [0.15, 0.2) is 0 Å². The highest BCUT2D eigenvalue weighted by Crippen LogP contribution is 2.25. The van der Waals surface area contributed by atoms with Crippen LogP contribution in [0.5, 0.6) is 0 Å². The average molecular weight is 373 g/mol. The van der Waals surface area contributed by atoms with E-state index in [9.17, 15) is 9.90 Å². The third kappa shape index (κ3) is 4.73. The summed E-state index contributed by atoms with van der Waals surface area (Å²) < 4.78 is 1.92. The molecule has 1 saturated heterocycles. The van der Waals surface area contributed by atoms with Gasteiger partial charge in [-0.3, -0.25) is 4.79 Å². The second kappa shape index (κ2) is 8.34. The summed E-state index contributed by atoms with van der Waals surface area (Å²) in [5.41, 5.74) is 0. The van der Waals surface area contributed by atoms with Crippen LogP contribution in [0.3, 0.4) is 0 Å². The van der Waals surface area contributed by atoms with Gasteiger partial charge in [-0.05, 0) is 6.42 Å². The van der Waals surface area contributed by atoms with Gasteiger partial charge in [0.05, 0.1) is 12.1 Å². The molecule has 1 aliphatic rings. The number of nitrogens with one attached hydrogen (secondary N) is 1. The Hall–Kier alpha value is -2.68. The van der Waals surface area contributed by atoms with Crippen molar-refractivity contribution in [3.05, 3.63) is 30.6 Å². The number of hydrogen-bond donors (Lipinski definition) is 2. The van der Waals surface area contributed by atoms with E-state index in [-0.39, 0.29) is 11.9 Å². The topological polar surface area (TPSA) is 99.4 Å². The second-order valence-corrected chi connectivity index (χ2v) is 7.08. The predicted octanol–water partition coefficient (Wildman–Crippen LogP) is -0.0353. The van der Waals surface area contributed by atoms with Crippen molar-refractivity contribution in [1.29, 1.82) is 0 Å². The quantitative estimate of drug-likeness (QED) is 0.703. The zero-order valence-electron chi connectivity index (χ0n) is 16.0. The van der Waals surface area contributed by atoms with Gasteiger partial charge in [-0.1, -0.05) is 0 Å². The van der Waals surface area contributed by atoms with Crippen molar-refractivity contribution in [3.63, 3.8) is 0 Å². The van der Waals surface area contributed by atoms with Gasteiger partial charge in [0.25, 0.3) is 0 Å². The smallest absolute Gasteiger partial charge is 0.220 e. The molecule has 2 aromatic heterocycles. The molecule has 2 atom stereocenters. The lowest BCUT2D eigenvalue weighted by molar-refractivity contribution is -0.121. The third-order valence-electron chi connectivity index (χ3n) is 4.81. The van der Waals surface area contributed by atoms with E-state index < -0.39 is 6.10 Å². The fourth-order valence-electron chi connectivity index (χ4n) is 3.29. The van der Waals surface area contributed by atoms with Gasteiger partial charge in [-0.25, -0.2) is 15.0 Å². The molecular weight excluding hydrogens is 346 g/mol. The van der Waals surface area contributed by atoms with E-state index in [4.69, 9.17) is 0 Å². The minimum absolute atomic E-state index is 0.00187. The first-order valence-corrected chi connectivity index (χ1v) is 9.11. The Kier molecular flexibility index (Phi) is 5.90. The Balaban J connectivity index is 1.57. The predicted molar refractivity (Wildman–Crippen MR) is 103 cm³/mol. The van der Waals surface area contributed by atoms with Crippen LogP contribution in [0.15, 0.2) is 24.8 Å². The van der Waals surface area contributed by atoms with Gasteiger partial charge >= 0.3 is 0 Å². The summed E-state index contributed by atoms with van der Waals surface area (Å²) in [5.74, 6) is 2.44. The molecule has 0 radical (unpaired) electrons. The van der Waals surface area contributed by atoms with E-state index in [1.54, 1.807) is 6.20 Å². The first-order chi connectivity index (χ1) is 12.9. The molecule has 0 aromatic carbocycles. The van der Waals surface area contributed by atoms with Crippen LogP contribution in [-0.2, 0) is 18.3 Å². The number of amides is 1. The van der Waals surface area contributed by atoms with Crippen molar-refractivity contribution in [3.8, 4) is 0 Å². The second-order valence-electron chi connectivity index (χ2n) is 7.08. The minimum Gasteiger partial charge on any atom is -0.391 e. The molecule has 1 aliphatic heterocycles. The van der Waals surface area contributed by atoms with Crippen molar-refractivity contribution in [1.82, 2.24) is 24.8 Å². The molecule has 1 amide bonds. The first-order valence-electron chi connectivity index (χ1n) is 9.11. The lowest BCUT2D eigenvalue weighted by atomic mass is 10.2. The molecule has 3 rings (SSSR count). The number of aliphatic hydroxyl groups is 1. The van der Waals surface area contributed by atoms with Crippen LogP contribution in [0, 0.1) is 0 Å². The Labute approximate surface area is 159 Å². The van der Waals surface area contributed by atoms with Crippen molar-refractivity contribution >= 4 is 17.5 Å². The van der Waals surface area contributed by atoms with Crippen molar-refractivity contribution in [2.45, 2.75) is 31.4 Å². The van der Waals surface area contributed by atoms with Gasteiger partial charge < -0.3 is 24.8 Å². The van der Waals surface area contributed by atoms with Gasteiger partial charge in [0.1, 0.15) is 23.8 Å². The Morgan fingerprint density at radius 3 is 2.89 bits per heavy atom. The SMILES string of the molecule is CN(C)c1cc(N2C[C@H](O)C[C@@H]2CNC(=O)CCc2nccn2C)ncn1. The van der Waals surface area contributed by atoms with E-state index in [0.29, 0.717) is 32.4 Å². The van der Waals surface area contributed by atoms with Crippen LogP contribution in [-0.4, -0.2) is 69.9 Å². The highest BCUT2D eigenvalue weighted by molar-refractivity contribution is 5.76. The van der Waals surface area contributed by atoms with Crippen LogP contribution in [0.25, 0.3) is 0 Å². The van der Waals surface area contributed by atoms with Crippen LogP contribution in [0.2, 0.25) is 0 Å². The number of aryl methyl sites for hydroxylation is 2. The number of β-amino-alcohol motifs (C(OH)–C–C–N with tert-alkyl or cyclic N) is 1. The molecule has 0 spiro atoms. The number of imidazole rings is 1. The van der Waals surface area contributed by atoms with E-state index in [1.807, 2.05) is 47.8 Å². The van der Waals surface area contributed by atoms with Gasteiger partial charge in [-0.2, -0.15) is 0 Å². The molecule has 9 nitrogen and oxygen atoms in total. The van der Waals surface area contributed by atoms with Crippen molar-refractivity contribution < 1.29 is 9.90 Å². The third-order valence-corrected chi connectivity index (χ3v) is 4.81. The summed E-state index contributed by atoms with van der Waals surface area (Å²) in [6.45, 7) is 0.968. The number of carbonyl (C=O) groups is 1. The lowest BCUT2D eigenvalue weighted by Gasteiger charge is -2.26. The molecular formula is C18H27N7O2. The number of carbonyl (C=O) groups excluding carboxylic acids is 1. The van der Waals surface area contributed by atoms with E-state index >= 15 is 0 Å². The summed E-state index contributed by atoms with van der Waals surface area (Å²) in [5, 5.41) is 13.1. The maximum Gasteiger partial charge on any atom is 0.220 e. The van der Waals surface area contributed by atoms with Crippen LogP contribution < -0.4 is 15.1 Å². The normalized spacial score (nSPS) is 19.3. The lowest BCUT2D eigenvalue weighted by Crippen LogP contribution is -2.40. The summed E-state index contributed by atoms with van der Waals surface area (Å²) in [4.78, 5) is 29.0. The Morgan fingerprint density at radius 1 is 1.37 bits per heavy atom. The number of hydrogen-bond acceptors (Lipinski definition) is 7. The summed E-state index contributed by atoms with van der Waals surface area (Å²) >= 11 is 0. The molecule has 2 aromatic rings. The number of aromatic nitrogens is 4. The molecule has 0 unspecified atom stereocenters. The molecule has 27 heavy (non-hydrogen) atoms. The van der Waals surface area contributed by atoms with Crippen molar-refractivity contribution in [2.75, 3.05) is 37.0 Å². The molecule has 9 heteroatoms. The molecule has 0 bridgehead atoms. The summed E-state index contributed by atoms with van der Waals surface area (Å²) in [6.07, 6.45) is 6.28. The van der Waals surface area contributed by atoms with Crippen LogP contribution in [0.4, 0.5) is 11.6 Å². The molecule has 146 valence electrons. The number of aliphatic hydroxyl groups excluding tert-OH is 1. The van der Waals surface area contributed by atoms with E-state index in [1.165, 1.54) is 6.33 Å². The largest absolute Gasteiger partial charge is 0.391 e. The van der Waals surface area contributed by atoms with E-state index in [2.05, 4.69) is 20.3 Å². The Morgan fingerprint density at radius 2 is 2.19 bits per heavy atom. The highest BCUT2D eigenvalue weighted by Gasteiger charge is 2.32. The van der Waals surface area contributed by atoms with Gasteiger partial charge in [-0.15, -0.1) is 0 Å². The van der Waals surface area contributed by atoms with E-state index in [0.717, 1.165) is 17.5 Å². The minimum atomic E-state index is -0.433. The zero-order chi connectivity index (χ0) is 19.4. The highest BCUT2D eigenvalue weighted by atomic mass is 16.3. The standard InChI is InChI=1S/C18H27N7O2/c1-23(2)16-9-17(22-12-21-16)25-11-14(26)8-13(25)10-20-18(27)5-4-15-19-6-7-24(15)3/h6-7,9,12-14,26H,4-5,8,10-11H2,1-3H3,(H,20,27)/t13-,14-/m1/s1. The van der Waals surface area contributed by atoms with Gasteiger partial charge in [0.2, 0.25) is 5.91 Å².